The zero-order chi connectivity index (χ0) is 15.6. The van der Waals surface area contributed by atoms with Gasteiger partial charge >= 0.3 is 0 Å². The Morgan fingerprint density at radius 2 is 1.85 bits per heavy atom. The van der Waals surface area contributed by atoms with E-state index in [1.807, 2.05) is 6.92 Å². The zero-order valence-corrected chi connectivity index (χ0v) is 14.8. The molecule has 0 amide bonds. The van der Waals surface area contributed by atoms with Crippen molar-refractivity contribution < 1.29 is 4.74 Å². The van der Waals surface area contributed by atoms with E-state index in [0.29, 0.717) is 6.61 Å². The quantitative estimate of drug-likeness (QED) is 0.900. The molecule has 0 aliphatic rings. The highest BCUT2D eigenvalue weighted by molar-refractivity contribution is 7.09. The number of hydrogen-bond donors (Lipinski definition) is 1. The summed E-state index contributed by atoms with van der Waals surface area (Å²) >= 11 is 1.70. The highest BCUT2D eigenvalue weighted by Crippen LogP contribution is 2.28. The van der Waals surface area contributed by atoms with Crippen LogP contribution in [0.3, 0.4) is 0 Å². The molecule has 116 valence electrons. The molecule has 1 rings (SSSR count). The molecule has 20 heavy (non-hydrogen) atoms. The fourth-order valence-corrected chi connectivity index (χ4v) is 3.35. The molecule has 3 nitrogen and oxygen atoms in total. The van der Waals surface area contributed by atoms with Crippen LogP contribution in [0.15, 0.2) is 5.38 Å². The Morgan fingerprint density at radius 3 is 2.25 bits per heavy atom. The highest BCUT2D eigenvalue weighted by Gasteiger charge is 2.31. The van der Waals surface area contributed by atoms with E-state index in [1.165, 1.54) is 0 Å². The van der Waals surface area contributed by atoms with E-state index in [4.69, 9.17) is 15.5 Å². The second kappa shape index (κ2) is 6.54. The van der Waals surface area contributed by atoms with Crippen molar-refractivity contribution in [3.8, 4) is 0 Å². The van der Waals surface area contributed by atoms with Crippen molar-refractivity contribution in [3.63, 3.8) is 0 Å². The van der Waals surface area contributed by atoms with Crippen LogP contribution < -0.4 is 5.73 Å². The number of aromatic nitrogens is 1. The molecule has 1 aromatic rings. The van der Waals surface area contributed by atoms with Gasteiger partial charge in [0.1, 0.15) is 0 Å². The normalized spacial score (nSPS) is 16.2. The summed E-state index contributed by atoms with van der Waals surface area (Å²) in [5.74, 6) is 0. The van der Waals surface area contributed by atoms with Crippen LogP contribution in [0.4, 0.5) is 0 Å². The Balaban J connectivity index is 2.78. The first-order valence-electron chi connectivity index (χ1n) is 7.37. The van der Waals surface area contributed by atoms with Crippen LogP contribution in [-0.4, -0.2) is 23.7 Å². The summed E-state index contributed by atoms with van der Waals surface area (Å²) in [6, 6.07) is -0.0195. The molecule has 0 bridgehead atoms. The minimum atomic E-state index is -0.0195. The first-order valence-corrected chi connectivity index (χ1v) is 8.25. The molecule has 0 aliphatic heterocycles. The van der Waals surface area contributed by atoms with Gasteiger partial charge in [-0.3, -0.25) is 0 Å². The van der Waals surface area contributed by atoms with Crippen LogP contribution in [0.25, 0.3) is 0 Å². The van der Waals surface area contributed by atoms with Gasteiger partial charge in [0.25, 0.3) is 0 Å². The summed E-state index contributed by atoms with van der Waals surface area (Å²) in [6.07, 6.45) is 0.831. The molecule has 1 heterocycles. The van der Waals surface area contributed by atoms with Gasteiger partial charge < -0.3 is 10.5 Å². The topological polar surface area (TPSA) is 48.1 Å². The van der Waals surface area contributed by atoms with Crippen molar-refractivity contribution in [2.75, 3.05) is 6.61 Å². The van der Waals surface area contributed by atoms with E-state index in [-0.39, 0.29) is 23.0 Å². The molecule has 2 N–H and O–H groups in total. The molecule has 0 radical (unpaired) electrons. The SMILES string of the molecule is CCOC(C(N)Cc1nc(C(C)(C)C)cs1)C(C)(C)C. The molecule has 0 spiro atoms. The van der Waals surface area contributed by atoms with Gasteiger partial charge in [0.05, 0.1) is 16.8 Å². The Kier molecular flexibility index (Phi) is 5.76. The fraction of sp³-hybridized carbons (Fsp3) is 0.812. The van der Waals surface area contributed by atoms with Crippen molar-refractivity contribution in [2.24, 2.45) is 11.1 Å². The standard InChI is InChI=1S/C16H30N2OS/c1-8-19-14(16(5,6)7)11(17)9-13-18-12(10-20-13)15(2,3)4/h10-11,14H,8-9,17H2,1-7H3. The van der Waals surface area contributed by atoms with Gasteiger partial charge in [-0.05, 0) is 12.3 Å². The molecule has 0 fully saturated rings. The summed E-state index contributed by atoms with van der Waals surface area (Å²) in [4.78, 5) is 4.73. The molecule has 0 saturated heterocycles. The van der Waals surface area contributed by atoms with Crippen molar-refractivity contribution in [3.05, 3.63) is 16.1 Å². The van der Waals surface area contributed by atoms with Crippen LogP contribution in [0.1, 0.15) is 59.2 Å². The van der Waals surface area contributed by atoms with E-state index in [9.17, 15) is 0 Å². The maximum atomic E-state index is 6.38. The summed E-state index contributed by atoms with van der Waals surface area (Å²) in [5.41, 5.74) is 7.67. The Labute approximate surface area is 127 Å². The van der Waals surface area contributed by atoms with E-state index >= 15 is 0 Å². The molecular formula is C16H30N2OS. The molecule has 2 atom stereocenters. The molecule has 0 saturated carbocycles. The molecule has 1 aromatic heterocycles. The monoisotopic (exact) mass is 298 g/mol. The Bertz CT molecular complexity index is 415. The van der Waals surface area contributed by atoms with Gasteiger partial charge in [-0.1, -0.05) is 41.5 Å². The molecule has 0 aromatic carbocycles. The second-order valence-electron chi connectivity index (χ2n) is 7.49. The van der Waals surface area contributed by atoms with Gasteiger partial charge in [-0.15, -0.1) is 11.3 Å². The number of thiazole rings is 1. The lowest BCUT2D eigenvalue weighted by Crippen LogP contribution is -2.46. The van der Waals surface area contributed by atoms with Gasteiger partial charge in [0.15, 0.2) is 0 Å². The lowest BCUT2D eigenvalue weighted by Gasteiger charge is -2.34. The van der Waals surface area contributed by atoms with Crippen molar-refractivity contribution in [2.45, 2.75) is 72.4 Å². The third-order valence-electron chi connectivity index (χ3n) is 3.32. The minimum Gasteiger partial charge on any atom is -0.376 e. The Hall–Kier alpha value is -0.450. The predicted octanol–water partition coefficient (Wildman–Crippen LogP) is 3.76. The number of rotatable bonds is 5. The van der Waals surface area contributed by atoms with E-state index in [2.05, 4.69) is 46.9 Å². The van der Waals surface area contributed by atoms with Gasteiger partial charge in [0.2, 0.25) is 0 Å². The molecule has 2 unspecified atom stereocenters. The lowest BCUT2D eigenvalue weighted by molar-refractivity contribution is -0.0274. The van der Waals surface area contributed by atoms with Crippen LogP contribution in [0.5, 0.6) is 0 Å². The van der Waals surface area contributed by atoms with E-state index in [1.54, 1.807) is 11.3 Å². The highest BCUT2D eigenvalue weighted by atomic mass is 32.1. The smallest absolute Gasteiger partial charge is 0.0944 e. The third kappa shape index (κ3) is 4.83. The zero-order valence-electron chi connectivity index (χ0n) is 14.0. The van der Waals surface area contributed by atoms with Gasteiger partial charge in [-0.25, -0.2) is 4.98 Å². The van der Waals surface area contributed by atoms with Gasteiger partial charge in [0, 0.05) is 29.9 Å². The maximum absolute atomic E-state index is 6.38. The first kappa shape index (κ1) is 17.6. The number of nitrogens with two attached hydrogens (primary N) is 1. The largest absolute Gasteiger partial charge is 0.376 e. The summed E-state index contributed by atoms with van der Waals surface area (Å²) in [7, 11) is 0. The predicted molar refractivity (Wildman–Crippen MR) is 87.4 cm³/mol. The summed E-state index contributed by atoms with van der Waals surface area (Å²) in [6.45, 7) is 15.8. The number of ether oxygens (including phenoxy) is 1. The average Bonchev–Trinajstić information content (AvgIpc) is 2.72. The number of nitrogens with zero attached hydrogens (tertiary/aromatic N) is 1. The first-order chi connectivity index (χ1) is 9.05. The average molecular weight is 298 g/mol. The second-order valence-corrected chi connectivity index (χ2v) is 8.43. The van der Waals surface area contributed by atoms with E-state index < -0.39 is 0 Å². The fourth-order valence-electron chi connectivity index (χ4n) is 2.25. The van der Waals surface area contributed by atoms with Gasteiger partial charge in [-0.2, -0.15) is 0 Å². The van der Waals surface area contributed by atoms with Crippen LogP contribution in [-0.2, 0) is 16.6 Å². The maximum Gasteiger partial charge on any atom is 0.0944 e. The van der Waals surface area contributed by atoms with Crippen LogP contribution in [0.2, 0.25) is 0 Å². The van der Waals surface area contributed by atoms with Crippen LogP contribution >= 0.6 is 11.3 Å². The summed E-state index contributed by atoms with van der Waals surface area (Å²) in [5, 5.41) is 3.26. The lowest BCUT2D eigenvalue weighted by atomic mass is 9.83. The van der Waals surface area contributed by atoms with Crippen molar-refractivity contribution in [1.82, 2.24) is 4.98 Å². The van der Waals surface area contributed by atoms with Crippen LogP contribution in [0, 0.1) is 5.41 Å². The molecule has 4 heteroatoms. The molecule has 0 aliphatic carbocycles. The minimum absolute atomic E-state index is 0.0195. The molecular weight excluding hydrogens is 268 g/mol. The summed E-state index contributed by atoms with van der Waals surface area (Å²) < 4.78 is 5.87. The Morgan fingerprint density at radius 1 is 1.25 bits per heavy atom. The number of hydrogen-bond acceptors (Lipinski definition) is 4. The van der Waals surface area contributed by atoms with Crippen molar-refractivity contribution >= 4 is 11.3 Å². The van der Waals surface area contributed by atoms with Crippen molar-refractivity contribution in [1.29, 1.82) is 0 Å². The third-order valence-corrected chi connectivity index (χ3v) is 4.19. The van der Waals surface area contributed by atoms with E-state index in [0.717, 1.165) is 17.1 Å².